The van der Waals surface area contributed by atoms with Crippen LogP contribution in [0.1, 0.15) is 31.9 Å². The summed E-state index contributed by atoms with van der Waals surface area (Å²) in [5.74, 6) is -6.64. The predicted octanol–water partition coefficient (Wildman–Crippen LogP) is 3.67. The topological polar surface area (TPSA) is 138 Å². The van der Waals surface area contributed by atoms with Gasteiger partial charge in [-0.15, -0.1) is 0 Å². The fourth-order valence-electron chi connectivity index (χ4n) is 4.97. The molecule has 1 fully saturated rings. The summed E-state index contributed by atoms with van der Waals surface area (Å²) in [5.41, 5.74) is -3.31. The summed E-state index contributed by atoms with van der Waals surface area (Å²) in [6.07, 6.45) is 1.28. The van der Waals surface area contributed by atoms with Gasteiger partial charge in [0.25, 0.3) is 5.56 Å². The van der Waals surface area contributed by atoms with Crippen LogP contribution < -0.4 is 20.9 Å². The predicted molar refractivity (Wildman–Crippen MR) is 153 cm³/mol. The van der Waals surface area contributed by atoms with Crippen molar-refractivity contribution in [2.45, 2.75) is 44.2 Å². The summed E-state index contributed by atoms with van der Waals surface area (Å²) in [7, 11) is -4.57. The van der Waals surface area contributed by atoms with Crippen molar-refractivity contribution in [2.75, 3.05) is 23.1 Å². The van der Waals surface area contributed by atoms with Crippen molar-refractivity contribution in [1.29, 1.82) is 0 Å². The number of aliphatic hydroxyl groups excluding tert-OH is 1. The lowest BCUT2D eigenvalue weighted by molar-refractivity contribution is 0.136. The highest BCUT2D eigenvalue weighted by atomic mass is 32.2. The number of sulfonamides is 1. The van der Waals surface area contributed by atoms with Gasteiger partial charge in [0, 0.05) is 47.9 Å². The Bertz CT molecular complexity index is 1870. The Kier molecular flexibility index (Phi) is 8.40. The van der Waals surface area contributed by atoms with Crippen molar-refractivity contribution >= 4 is 32.7 Å². The number of nitrogens with zero attached hydrogens (tertiary/aromatic N) is 3. The average Bonchev–Trinajstić information content (AvgIpc) is 2.94. The van der Waals surface area contributed by atoms with Gasteiger partial charge in [0.2, 0.25) is 16.0 Å². The molecule has 0 aliphatic carbocycles. The number of aromatic nitrogens is 3. The molecule has 1 aliphatic heterocycles. The van der Waals surface area contributed by atoms with Crippen molar-refractivity contribution in [3.8, 4) is 11.1 Å². The van der Waals surface area contributed by atoms with Crippen LogP contribution in [0.2, 0.25) is 0 Å². The molecule has 2 atom stereocenters. The van der Waals surface area contributed by atoms with E-state index >= 15 is 13.2 Å². The van der Waals surface area contributed by atoms with Gasteiger partial charge in [-0.3, -0.25) is 14.1 Å². The van der Waals surface area contributed by atoms with Crippen LogP contribution in [0.5, 0.6) is 0 Å². The number of fused-ring (bicyclic) bond motifs is 1. The molecule has 0 radical (unpaired) electrons. The molecule has 0 bridgehead atoms. The Balaban J connectivity index is 1.53. The molecule has 0 saturated carbocycles. The zero-order valence-electron chi connectivity index (χ0n) is 23.0. The number of pyridine rings is 1. The molecule has 1 aliphatic rings. The van der Waals surface area contributed by atoms with Gasteiger partial charge in [-0.25, -0.2) is 31.0 Å². The molecule has 3 heterocycles. The standard InChI is InChI=1S/C28H28F4N6O4S/c1-14(2)38-26-16(10-34-28(36-26)35-17-8-18(39)12-33-11-17)7-20(27(38)40)19-9-22(30)25(24(32)23(19)31)37-43(41,42)13-15-5-3-4-6-21(15)29/h3-7,9-10,14,17-18,33,37,39H,8,11-13H2,1-2H3,(H,34,35,36). The second-order valence-electron chi connectivity index (χ2n) is 10.5. The SMILES string of the molecule is CC(C)n1c(=O)c(-c2cc(F)c(NS(=O)(=O)Cc3ccccc3F)c(F)c2F)cc2cnc(NC3CNCC(O)C3)nc21. The molecule has 2 aromatic heterocycles. The fraction of sp³-hybridized carbons (Fsp3) is 0.321. The zero-order chi connectivity index (χ0) is 31.1. The highest BCUT2D eigenvalue weighted by molar-refractivity contribution is 7.91. The largest absolute Gasteiger partial charge is 0.392 e. The van der Waals surface area contributed by atoms with Crippen molar-refractivity contribution in [2.24, 2.45) is 0 Å². The Hall–Kier alpha value is -4.08. The van der Waals surface area contributed by atoms with Crippen LogP contribution in [0.15, 0.2) is 47.4 Å². The zero-order valence-corrected chi connectivity index (χ0v) is 23.9. The van der Waals surface area contributed by atoms with Crippen LogP contribution in [0, 0.1) is 23.3 Å². The number of β-amino-alcohol motifs (C(OH)–C–C–N with tert-alkyl or cyclic N) is 1. The molecule has 2 unspecified atom stereocenters. The molecule has 5 rings (SSSR count). The number of benzene rings is 2. The maximum absolute atomic E-state index is 15.4. The smallest absolute Gasteiger partial charge is 0.260 e. The quantitative estimate of drug-likeness (QED) is 0.173. The van der Waals surface area contributed by atoms with E-state index in [-0.39, 0.29) is 28.6 Å². The Labute approximate surface area is 243 Å². The fourth-order valence-corrected chi connectivity index (χ4v) is 6.18. The van der Waals surface area contributed by atoms with Crippen molar-refractivity contribution in [3.63, 3.8) is 0 Å². The minimum absolute atomic E-state index is 0.178. The lowest BCUT2D eigenvalue weighted by Gasteiger charge is -2.27. The molecular weight excluding hydrogens is 592 g/mol. The van der Waals surface area contributed by atoms with Crippen LogP contribution in [0.4, 0.5) is 29.2 Å². The molecule has 4 N–H and O–H groups in total. The molecule has 4 aromatic rings. The highest BCUT2D eigenvalue weighted by Gasteiger charge is 2.27. The summed E-state index contributed by atoms with van der Waals surface area (Å²) in [6, 6.07) is 5.96. The number of hydrogen-bond donors (Lipinski definition) is 4. The van der Waals surface area contributed by atoms with Crippen molar-refractivity contribution in [3.05, 3.63) is 81.8 Å². The molecule has 15 heteroatoms. The molecule has 43 heavy (non-hydrogen) atoms. The lowest BCUT2D eigenvalue weighted by atomic mass is 10.0. The summed E-state index contributed by atoms with van der Waals surface area (Å²) < 4.78 is 87.7. The van der Waals surface area contributed by atoms with E-state index < -0.39 is 73.6 Å². The van der Waals surface area contributed by atoms with Gasteiger partial charge in [0.1, 0.15) is 17.2 Å². The summed E-state index contributed by atoms with van der Waals surface area (Å²) in [4.78, 5) is 22.3. The van der Waals surface area contributed by atoms with Crippen LogP contribution in [0.25, 0.3) is 22.2 Å². The number of halogens is 4. The summed E-state index contributed by atoms with van der Waals surface area (Å²) in [6.45, 7) is 4.36. The number of piperidine rings is 1. The van der Waals surface area contributed by atoms with Crippen LogP contribution in [-0.2, 0) is 15.8 Å². The van der Waals surface area contributed by atoms with Gasteiger partial charge in [0.15, 0.2) is 17.5 Å². The molecule has 1 saturated heterocycles. The van der Waals surface area contributed by atoms with Crippen LogP contribution >= 0.6 is 0 Å². The van der Waals surface area contributed by atoms with E-state index in [1.54, 1.807) is 18.6 Å². The molecule has 10 nitrogen and oxygen atoms in total. The Morgan fingerprint density at radius 3 is 2.51 bits per heavy atom. The van der Waals surface area contributed by atoms with Crippen LogP contribution in [0.3, 0.4) is 0 Å². The van der Waals surface area contributed by atoms with Gasteiger partial charge >= 0.3 is 0 Å². The normalized spacial score (nSPS) is 17.4. The first-order chi connectivity index (χ1) is 20.3. The highest BCUT2D eigenvalue weighted by Crippen LogP contribution is 2.32. The summed E-state index contributed by atoms with van der Waals surface area (Å²) in [5, 5.41) is 16.4. The third-order valence-corrected chi connectivity index (χ3v) is 8.17. The molecule has 0 spiro atoms. The number of hydrogen-bond acceptors (Lipinski definition) is 8. The van der Waals surface area contributed by atoms with Crippen LogP contribution in [-0.4, -0.2) is 53.3 Å². The Morgan fingerprint density at radius 1 is 1.07 bits per heavy atom. The van der Waals surface area contributed by atoms with Gasteiger partial charge < -0.3 is 15.7 Å². The van der Waals surface area contributed by atoms with Gasteiger partial charge in [-0.2, -0.15) is 4.98 Å². The first-order valence-electron chi connectivity index (χ1n) is 13.3. The van der Waals surface area contributed by atoms with E-state index in [1.165, 1.54) is 35.0 Å². The minimum Gasteiger partial charge on any atom is -0.392 e. The second kappa shape index (κ2) is 11.9. The maximum Gasteiger partial charge on any atom is 0.260 e. The first-order valence-corrected chi connectivity index (χ1v) is 15.0. The Morgan fingerprint density at radius 2 is 1.81 bits per heavy atom. The van der Waals surface area contributed by atoms with E-state index in [1.807, 2.05) is 0 Å². The summed E-state index contributed by atoms with van der Waals surface area (Å²) >= 11 is 0. The van der Waals surface area contributed by atoms with Gasteiger partial charge in [-0.1, -0.05) is 18.2 Å². The van der Waals surface area contributed by atoms with E-state index in [4.69, 9.17) is 0 Å². The number of rotatable bonds is 8. The van der Waals surface area contributed by atoms with E-state index in [0.29, 0.717) is 25.6 Å². The number of anilines is 2. The van der Waals surface area contributed by atoms with Crippen molar-refractivity contribution in [1.82, 2.24) is 19.9 Å². The minimum atomic E-state index is -4.57. The third-order valence-electron chi connectivity index (χ3n) is 6.96. The molecule has 0 amide bonds. The van der Waals surface area contributed by atoms with Gasteiger partial charge in [0.05, 0.1) is 17.4 Å². The number of aliphatic hydroxyl groups is 1. The molecule has 2 aromatic carbocycles. The number of nitrogens with one attached hydrogen (secondary N) is 3. The van der Waals surface area contributed by atoms with E-state index in [2.05, 4.69) is 20.6 Å². The second-order valence-corrected chi connectivity index (χ2v) is 12.3. The van der Waals surface area contributed by atoms with Gasteiger partial charge in [-0.05, 0) is 38.5 Å². The average molecular weight is 621 g/mol. The van der Waals surface area contributed by atoms with Crippen molar-refractivity contribution < 1.29 is 31.1 Å². The molecular formula is C28H28F4N6O4S. The molecule has 228 valence electrons. The third kappa shape index (κ3) is 6.33. The van der Waals surface area contributed by atoms with E-state index in [0.717, 1.165) is 6.07 Å². The first kappa shape index (κ1) is 30.4. The monoisotopic (exact) mass is 620 g/mol. The lowest BCUT2D eigenvalue weighted by Crippen LogP contribution is -2.46. The van der Waals surface area contributed by atoms with E-state index in [9.17, 15) is 22.7 Å². The maximum atomic E-state index is 15.4.